The van der Waals surface area contributed by atoms with E-state index in [1.165, 1.54) is 24.3 Å². The van der Waals surface area contributed by atoms with Gasteiger partial charge in [-0.25, -0.2) is 14.5 Å². The van der Waals surface area contributed by atoms with Crippen molar-refractivity contribution >= 4 is 46.2 Å². The quantitative estimate of drug-likeness (QED) is 0.298. The summed E-state index contributed by atoms with van der Waals surface area (Å²) in [6, 6.07) is 7.47. The number of benzene rings is 1. The van der Waals surface area contributed by atoms with E-state index in [1.54, 1.807) is 6.07 Å². The summed E-state index contributed by atoms with van der Waals surface area (Å²) < 4.78 is 58.9. The summed E-state index contributed by atoms with van der Waals surface area (Å²) in [4.78, 5) is 31.6. The van der Waals surface area contributed by atoms with E-state index in [-0.39, 0.29) is 27.0 Å². The Morgan fingerprint density at radius 2 is 1.91 bits per heavy atom. The largest absolute Gasteiger partial charge is 0.459 e. The molecule has 0 bridgehead atoms. The topological polar surface area (TPSA) is 126 Å². The van der Waals surface area contributed by atoms with Crippen LogP contribution in [-0.2, 0) is 19.0 Å². The minimum absolute atomic E-state index is 0.0631. The van der Waals surface area contributed by atoms with Crippen molar-refractivity contribution in [2.24, 2.45) is 0 Å². The zero-order chi connectivity index (χ0) is 25.5. The van der Waals surface area contributed by atoms with E-state index in [0.717, 1.165) is 17.8 Å². The Kier molecular flexibility index (Phi) is 6.62. The zero-order valence-corrected chi connectivity index (χ0v) is 19.1. The molecule has 1 saturated heterocycles. The number of esters is 2. The number of aliphatic hydroxyl groups is 1. The summed E-state index contributed by atoms with van der Waals surface area (Å²) in [5.74, 6) is -2.10. The van der Waals surface area contributed by atoms with Gasteiger partial charge in [-0.3, -0.25) is 4.79 Å². The van der Waals surface area contributed by atoms with Crippen LogP contribution in [-0.4, -0.2) is 67.4 Å². The lowest BCUT2D eigenvalue weighted by Gasteiger charge is -2.34. The highest BCUT2D eigenvalue weighted by Crippen LogP contribution is 2.49. The molecule has 0 aliphatic carbocycles. The summed E-state index contributed by atoms with van der Waals surface area (Å²) in [5, 5.41) is 14.4. The van der Waals surface area contributed by atoms with E-state index >= 15 is 0 Å². The van der Waals surface area contributed by atoms with Gasteiger partial charge in [0.1, 0.15) is 17.9 Å². The number of fused-ring (bicyclic) bond motifs is 1. The summed E-state index contributed by atoms with van der Waals surface area (Å²) in [5.41, 5.74) is -3.88. The van der Waals surface area contributed by atoms with Gasteiger partial charge >= 0.3 is 18.1 Å². The van der Waals surface area contributed by atoms with Crippen LogP contribution in [0.25, 0.3) is 11.0 Å². The molecule has 15 heteroatoms. The maximum atomic E-state index is 14.2. The molecule has 4 atom stereocenters. The molecule has 4 rings (SSSR count). The second-order valence-corrected chi connectivity index (χ2v) is 8.14. The van der Waals surface area contributed by atoms with E-state index in [4.69, 9.17) is 37.4 Å². The van der Waals surface area contributed by atoms with Crippen LogP contribution in [0, 0.1) is 0 Å². The maximum absolute atomic E-state index is 14.2. The molecule has 3 aromatic rings. The first-order chi connectivity index (χ1) is 16.4. The minimum atomic E-state index is -5.39. The molecule has 1 aliphatic heterocycles. The first-order valence-electron chi connectivity index (χ1n) is 9.83. The highest BCUT2D eigenvalue weighted by atomic mass is 35.5. The van der Waals surface area contributed by atoms with Gasteiger partial charge in [0.2, 0.25) is 10.9 Å². The van der Waals surface area contributed by atoms with Crippen LogP contribution in [0.5, 0.6) is 0 Å². The van der Waals surface area contributed by atoms with Gasteiger partial charge in [0.15, 0.2) is 18.0 Å². The number of ether oxygens (including phenoxy) is 3. The van der Waals surface area contributed by atoms with Crippen LogP contribution in [0.3, 0.4) is 0 Å². The van der Waals surface area contributed by atoms with E-state index < -0.39 is 48.8 Å². The number of nitrogens with zero attached hydrogens (tertiary/aromatic N) is 4. The minimum Gasteiger partial charge on any atom is -0.459 e. The zero-order valence-electron chi connectivity index (χ0n) is 17.6. The number of halogens is 5. The molecular weight excluding hydrogens is 520 g/mol. The van der Waals surface area contributed by atoms with E-state index in [0.29, 0.717) is 0 Å². The number of alkyl halides is 3. The molecule has 186 valence electrons. The first-order valence-corrected chi connectivity index (χ1v) is 10.6. The van der Waals surface area contributed by atoms with Crippen molar-refractivity contribution in [3.63, 3.8) is 0 Å². The van der Waals surface area contributed by atoms with Crippen LogP contribution >= 0.6 is 23.2 Å². The molecule has 2 aromatic heterocycles. The number of carbonyl (C=O) groups excluding carboxylic acids is 2. The van der Waals surface area contributed by atoms with Crippen LogP contribution in [0.2, 0.25) is 10.4 Å². The molecule has 35 heavy (non-hydrogen) atoms. The molecule has 1 N–H and O–H groups in total. The van der Waals surface area contributed by atoms with Gasteiger partial charge < -0.3 is 19.3 Å². The SMILES string of the molecule is CC(=O)O[C@H]1[C@H](n2ncc3c(Cl)nc(Cl)nc32)O[C@H](COC(=O)c2ccccc2)[C@]1(O)C(F)(F)F. The number of hydrogen-bond donors (Lipinski definition) is 1. The van der Waals surface area contributed by atoms with Gasteiger partial charge in [-0.15, -0.1) is 0 Å². The van der Waals surface area contributed by atoms with E-state index in [2.05, 4.69) is 15.1 Å². The Morgan fingerprint density at radius 3 is 2.54 bits per heavy atom. The second kappa shape index (κ2) is 9.22. The number of aromatic nitrogens is 4. The van der Waals surface area contributed by atoms with Crippen LogP contribution in [0.1, 0.15) is 23.5 Å². The fourth-order valence-corrected chi connectivity index (χ4v) is 4.05. The summed E-state index contributed by atoms with van der Waals surface area (Å²) in [7, 11) is 0. The summed E-state index contributed by atoms with van der Waals surface area (Å²) >= 11 is 11.8. The monoisotopic (exact) mass is 534 g/mol. The summed E-state index contributed by atoms with van der Waals surface area (Å²) in [6.45, 7) is -0.179. The van der Waals surface area contributed by atoms with Crippen molar-refractivity contribution < 1.29 is 42.1 Å². The predicted molar refractivity (Wildman–Crippen MR) is 113 cm³/mol. The Balaban J connectivity index is 1.75. The number of rotatable bonds is 5. The number of carbonyl (C=O) groups is 2. The molecule has 3 heterocycles. The first kappa shape index (κ1) is 25.1. The fourth-order valence-electron chi connectivity index (χ4n) is 3.63. The molecular formula is C20H15Cl2F3N4O6. The third-order valence-corrected chi connectivity index (χ3v) is 5.69. The van der Waals surface area contributed by atoms with Gasteiger partial charge in [-0.05, 0) is 23.7 Å². The van der Waals surface area contributed by atoms with E-state index in [9.17, 15) is 27.9 Å². The summed E-state index contributed by atoms with van der Waals surface area (Å²) in [6.07, 6.45) is -10.7. The maximum Gasteiger partial charge on any atom is 0.423 e. The van der Waals surface area contributed by atoms with Crippen molar-refractivity contribution in [3.8, 4) is 0 Å². The average Bonchev–Trinajstić information content (AvgIpc) is 3.32. The average molecular weight is 535 g/mol. The lowest BCUT2D eigenvalue weighted by atomic mass is 9.91. The van der Waals surface area contributed by atoms with Crippen LogP contribution in [0.15, 0.2) is 36.5 Å². The standard InChI is InChI=1S/C20H15Cl2F3N4O6/c1-9(30)34-13-16(29-15-11(7-26-29)14(21)27-18(22)28-15)35-12(19(13,32)20(23,24)25)8-33-17(31)10-5-3-2-4-6-10/h2-7,12-13,16,32H,8H2,1H3/t12-,13+,16-,19-/m1/s1. The Bertz CT molecular complexity index is 1270. The van der Waals surface area contributed by atoms with Crippen LogP contribution < -0.4 is 0 Å². The molecule has 0 spiro atoms. The Hall–Kier alpha value is -3.00. The van der Waals surface area contributed by atoms with Crippen molar-refractivity contribution in [1.29, 1.82) is 0 Å². The van der Waals surface area contributed by atoms with Crippen molar-refractivity contribution in [3.05, 3.63) is 52.5 Å². The Labute approximate surface area is 204 Å². The smallest absolute Gasteiger partial charge is 0.423 e. The lowest BCUT2D eigenvalue weighted by Crippen LogP contribution is -2.61. The third kappa shape index (κ3) is 4.51. The number of hydrogen-bond acceptors (Lipinski definition) is 9. The van der Waals surface area contributed by atoms with Crippen molar-refractivity contribution in [2.75, 3.05) is 6.61 Å². The van der Waals surface area contributed by atoms with Crippen molar-refractivity contribution in [1.82, 2.24) is 19.7 Å². The lowest BCUT2D eigenvalue weighted by molar-refractivity contribution is -0.297. The van der Waals surface area contributed by atoms with Gasteiger partial charge in [0, 0.05) is 6.92 Å². The highest BCUT2D eigenvalue weighted by molar-refractivity contribution is 6.35. The van der Waals surface area contributed by atoms with Gasteiger partial charge in [0.05, 0.1) is 17.1 Å². The molecule has 0 saturated carbocycles. The van der Waals surface area contributed by atoms with Gasteiger partial charge in [0.25, 0.3) is 0 Å². The van der Waals surface area contributed by atoms with Gasteiger partial charge in [-0.1, -0.05) is 29.8 Å². The molecule has 0 radical (unpaired) electrons. The van der Waals surface area contributed by atoms with Crippen LogP contribution in [0.4, 0.5) is 13.2 Å². The molecule has 0 amide bonds. The molecule has 0 unspecified atom stereocenters. The highest BCUT2D eigenvalue weighted by Gasteiger charge is 2.73. The van der Waals surface area contributed by atoms with Gasteiger partial charge in [-0.2, -0.15) is 23.3 Å². The second-order valence-electron chi connectivity index (χ2n) is 7.44. The van der Waals surface area contributed by atoms with Crippen molar-refractivity contribution in [2.45, 2.75) is 37.1 Å². The third-order valence-electron chi connectivity index (χ3n) is 5.23. The Morgan fingerprint density at radius 1 is 1.23 bits per heavy atom. The fraction of sp³-hybridized carbons (Fsp3) is 0.350. The molecule has 1 aliphatic rings. The molecule has 1 fully saturated rings. The normalized spacial score (nSPS) is 24.5. The molecule has 10 nitrogen and oxygen atoms in total. The molecule has 1 aromatic carbocycles. The predicted octanol–water partition coefficient (Wildman–Crippen LogP) is 3.11. The van der Waals surface area contributed by atoms with E-state index in [1.807, 2.05) is 0 Å².